The molecule has 0 fully saturated rings. The van der Waals surface area contributed by atoms with Gasteiger partial charge in [-0.2, -0.15) is 24.9 Å². The lowest BCUT2D eigenvalue weighted by molar-refractivity contribution is -0.144. The van der Waals surface area contributed by atoms with Gasteiger partial charge in [0.15, 0.2) is 0 Å². The first kappa shape index (κ1) is 15.9. The Hall–Kier alpha value is -1.18. The number of nitrogens with one attached hydrogen (secondary N) is 2. The highest BCUT2D eigenvalue weighted by Crippen LogP contribution is 2.28. The van der Waals surface area contributed by atoms with Crippen LogP contribution in [0.15, 0.2) is 6.07 Å². The maximum absolute atomic E-state index is 12.7. The smallest absolute Gasteiger partial charge is 0.370 e. The molecule has 8 heteroatoms. The summed E-state index contributed by atoms with van der Waals surface area (Å²) in [7, 11) is 0. The zero-order chi connectivity index (χ0) is 14.3. The van der Waals surface area contributed by atoms with E-state index in [1.165, 1.54) is 6.07 Å². The molecule has 0 saturated carbocycles. The van der Waals surface area contributed by atoms with Crippen LogP contribution in [0.5, 0.6) is 0 Å². The molecule has 1 aromatic rings. The normalized spacial score (nSPS) is 11.4. The molecule has 0 aromatic carbocycles. The fraction of sp³-hybridized carbons (Fsp3) is 0.636. The lowest BCUT2D eigenvalue weighted by Crippen LogP contribution is -2.16. The van der Waals surface area contributed by atoms with E-state index in [1.54, 1.807) is 11.8 Å². The van der Waals surface area contributed by atoms with Gasteiger partial charge in [-0.25, -0.2) is 9.97 Å². The van der Waals surface area contributed by atoms with Gasteiger partial charge in [0.05, 0.1) is 0 Å². The zero-order valence-corrected chi connectivity index (χ0v) is 11.7. The molecule has 108 valence electrons. The van der Waals surface area contributed by atoms with Gasteiger partial charge in [0.25, 0.3) is 0 Å². The van der Waals surface area contributed by atoms with Crippen LogP contribution in [-0.2, 0) is 6.18 Å². The van der Waals surface area contributed by atoms with E-state index in [2.05, 4.69) is 20.6 Å². The molecule has 0 unspecified atom stereocenters. The van der Waals surface area contributed by atoms with Crippen molar-refractivity contribution >= 4 is 23.4 Å². The third-order valence-corrected chi connectivity index (χ3v) is 2.76. The van der Waals surface area contributed by atoms with Gasteiger partial charge in [-0.1, -0.05) is 6.92 Å². The highest BCUT2D eigenvalue weighted by Gasteiger charge is 2.35. The first-order chi connectivity index (χ1) is 8.97. The standard InChI is InChI=1S/C11H17F3N4S/c1-3-4-15-8-7-9(16-5-6-19-2)18-10(17-8)11(12,13)14/h7H,3-6H2,1-2H3,(H2,15,16,17,18). The van der Waals surface area contributed by atoms with Crippen molar-refractivity contribution in [1.29, 1.82) is 0 Å². The zero-order valence-electron chi connectivity index (χ0n) is 10.8. The van der Waals surface area contributed by atoms with Crippen LogP contribution in [-0.4, -0.2) is 35.1 Å². The van der Waals surface area contributed by atoms with Crippen LogP contribution in [0, 0.1) is 0 Å². The molecule has 0 aliphatic rings. The second-order valence-corrected chi connectivity index (χ2v) is 4.79. The first-order valence-electron chi connectivity index (χ1n) is 5.90. The fourth-order valence-corrected chi connectivity index (χ4v) is 1.60. The lowest BCUT2D eigenvalue weighted by Gasteiger charge is -2.12. The highest BCUT2D eigenvalue weighted by molar-refractivity contribution is 7.98. The Kier molecular flexibility index (Phi) is 6.20. The fourth-order valence-electron chi connectivity index (χ4n) is 1.29. The summed E-state index contributed by atoms with van der Waals surface area (Å²) in [5.74, 6) is 0.0503. The Morgan fingerprint density at radius 1 is 1.16 bits per heavy atom. The summed E-state index contributed by atoms with van der Waals surface area (Å²) in [6.07, 6.45) is -1.81. The molecule has 2 N–H and O–H groups in total. The summed E-state index contributed by atoms with van der Waals surface area (Å²) in [5.41, 5.74) is 0. The Balaban J connectivity index is 2.89. The van der Waals surface area contributed by atoms with Crippen molar-refractivity contribution in [1.82, 2.24) is 9.97 Å². The third kappa shape index (κ3) is 5.54. The van der Waals surface area contributed by atoms with Crippen LogP contribution in [0.4, 0.5) is 24.8 Å². The van der Waals surface area contributed by atoms with Crippen molar-refractivity contribution in [3.05, 3.63) is 11.9 Å². The minimum absolute atomic E-state index is 0.190. The number of hydrogen-bond acceptors (Lipinski definition) is 5. The lowest BCUT2D eigenvalue weighted by atomic mass is 10.4. The Labute approximate surface area is 114 Å². The van der Waals surface area contributed by atoms with Crippen LogP contribution in [0.25, 0.3) is 0 Å². The molecular formula is C11H17F3N4S. The number of halogens is 3. The average Bonchev–Trinajstić information content (AvgIpc) is 2.35. The molecule has 0 bridgehead atoms. The molecule has 0 amide bonds. The van der Waals surface area contributed by atoms with Crippen molar-refractivity contribution in [3.8, 4) is 0 Å². The number of anilines is 2. The number of alkyl halides is 3. The number of rotatable bonds is 7. The number of nitrogens with zero attached hydrogens (tertiary/aromatic N) is 2. The average molecular weight is 294 g/mol. The predicted octanol–water partition coefficient (Wildman–Crippen LogP) is 3.09. The van der Waals surface area contributed by atoms with Gasteiger partial charge in [0.1, 0.15) is 11.6 Å². The van der Waals surface area contributed by atoms with E-state index in [4.69, 9.17) is 0 Å². The summed E-state index contributed by atoms with van der Waals surface area (Å²) >= 11 is 1.60. The van der Waals surface area contributed by atoms with Gasteiger partial charge in [-0.3, -0.25) is 0 Å². The van der Waals surface area contributed by atoms with E-state index in [-0.39, 0.29) is 11.6 Å². The Bertz CT molecular complexity index is 398. The maximum Gasteiger partial charge on any atom is 0.451 e. The summed E-state index contributed by atoms with van der Waals surface area (Å²) in [4.78, 5) is 6.97. The molecule has 4 nitrogen and oxygen atoms in total. The van der Waals surface area contributed by atoms with Crippen LogP contribution in [0.2, 0.25) is 0 Å². The molecule has 0 spiro atoms. The molecule has 1 rings (SSSR count). The highest BCUT2D eigenvalue weighted by atomic mass is 32.2. The van der Waals surface area contributed by atoms with E-state index in [0.29, 0.717) is 13.1 Å². The van der Waals surface area contributed by atoms with Crippen molar-refractivity contribution in [3.63, 3.8) is 0 Å². The summed E-state index contributed by atoms with van der Waals surface area (Å²) in [6.45, 7) is 3.05. The molecule has 0 atom stereocenters. The van der Waals surface area contributed by atoms with E-state index in [9.17, 15) is 13.2 Å². The molecule has 19 heavy (non-hydrogen) atoms. The third-order valence-electron chi connectivity index (χ3n) is 2.15. The van der Waals surface area contributed by atoms with E-state index in [1.807, 2.05) is 13.2 Å². The SMILES string of the molecule is CCCNc1cc(NCCSC)nc(C(F)(F)F)n1. The topological polar surface area (TPSA) is 49.8 Å². The van der Waals surface area contributed by atoms with Crippen LogP contribution < -0.4 is 10.6 Å². The van der Waals surface area contributed by atoms with E-state index in [0.717, 1.165) is 12.2 Å². The molecule has 0 aliphatic carbocycles. The van der Waals surface area contributed by atoms with Gasteiger partial charge >= 0.3 is 6.18 Å². The Morgan fingerprint density at radius 2 is 1.74 bits per heavy atom. The largest absolute Gasteiger partial charge is 0.451 e. The molecule has 1 aromatic heterocycles. The first-order valence-corrected chi connectivity index (χ1v) is 7.29. The van der Waals surface area contributed by atoms with Crippen molar-refractivity contribution in [2.45, 2.75) is 19.5 Å². The van der Waals surface area contributed by atoms with Gasteiger partial charge in [0, 0.05) is 24.9 Å². The van der Waals surface area contributed by atoms with Crippen LogP contribution >= 0.6 is 11.8 Å². The summed E-state index contributed by atoms with van der Waals surface area (Å²) in [6, 6.07) is 1.49. The summed E-state index contributed by atoms with van der Waals surface area (Å²) < 4.78 is 38.0. The summed E-state index contributed by atoms with van der Waals surface area (Å²) in [5, 5.41) is 5.70. The maximum atomic E-state index is 12.7. The quantitative estimate of drug-likeness (QED) is 0.757. The van der Waals surface area contributed by atoms with Gasteiger partial charge < -0.3 is 10.6 Å². The van der Waals surface area contributed by atoms with Crippen LogP contribution in [0.1, 0.15) is 19.2 Å². The minimum atomic E-state index is -4.54. The van der Waals surface area contributed by atoms with Crippen molar-refractivity contribution in [2.24, 2.45) is 0 Å². The van der Waals surface area contributed by atoms with Crippen molar-refractivity contribution in [2.75, 3.05) is 35.7 Å². The van der Waals surface area contributed by atoms with Gasteiger partial charge in [-0.05, 0) is 12.7 Å². The van der Waals surface area contributed by atoms with Gasteiger partial charge in [-0.15, -0.1) is 0 Å². The van der Waals surface area contributed by atoms with E-state index >= 15 is 0 Å². The monoisotopic (exact) mass is 294 g/mol. The number of aromatic nitrogens is 2. The molecule has 1 heterocycles. The second kappa shape index (κ2) is 7.42. The van der Waals surface area contributed by atoms with Gasteiger partial charge in [0.2, 0.25) is 5.82 Å². The second-order valence-electron chi connectivity index (χ2n) is 3.81. The predicted molar refractivity (Wildman–Crippen MR) is 72.7 cm³/mol. The van der Waals surface area contributed by atoms with E-state index < -0.39 is 12.0 Å². The van der Waals surface area contributed by atoms with Crippen LogP contribution in [0.3, 0.4) is 0 Å². The molecular weight excluding hydrogens is 277 g/mol. The molecule has 0 aliphatic heterocycles. The molecule has 0 radical (unpaired) electrons. The minimum Gasteiger partial charge on any atom is -0.370 e. The number of thioether (sulfide) groups is 1. The van der Waals surface area contributed by atoms with Crippen molar-refractivity contribution < 1.29 is 13.2 Å². The molecule has 0 saturated heterocycles. The Morgan fingerprint density at radius 3 is 2.21 bits per heavy atom. The number of hydrogen-bond donors (Lipinski definition) is 2.